The van der Waals surface area contributed by atoms with Gasteiger partial charge in [-0.25, -0.2) is 9.97 Å². The topological polar surface area (TPSA) is 145 Å². The van der Waals surface area contributed by atoms with Gasteiger partial charge in [0.2, 0.25) is 11.9 Å². The first-order chi connectivity index (χ1) is 17.7. The Bertz CT molecular complexity index is 886. The molecular formula is C24H42N8O4Pb. The maximum atomic E-state index is 9.64. The van der Waals surface area contributed by atoms with Gasteiger partial charge in [-0.3, -0.25) is 0 Å². The summed E-state index contributed by atoms with van der Waals surface area (Å²) in [5, 5.41) is 38.6. The van der Waals surface area contributed by atoms with Gasteiger partial charge in [0.05, 0.1) is 26.4 Å². The Balaban J connectivity index is 0.00000380. The Morgan fingerprint density at radius 2 is 0.838 bits per heavy atom. The van der Waals surface area contributed by atoms with Gasteiger partial charge in [0.1, 0.15) is 11.0 Å². The second kappa shape index (κ2) is 15.1. The van der Waals surface area contributed by atoms with E-state index in [0.29, 0.717) is 49.1 Å². The normalized spacial score (nSPS) is 16.1. The number of rotatable bonds is 12. The number of hydrogen-bond donors (Lipinski definition) is 4. The van der Waals surface area contributed by atoms with Gasteiger partial charge in [-0.2, -0.15) is 9.97 Å². The molecule has 0 bridgehead atoms. The summed E-state index contributed by atoms with van der Waals surface area (Å²) in [4.78, 5) is 27.8. The number of aliphatic hydroxyl groups excluding tert-OH is 4. The van der Waals surface area contributed by atoms with Crippen molar-refractivity contribution >= 4 is 61.9 Å². The van der Waals surface area contributed by atoms with Crippen LogP contribution in [0.5, 0.6) is 0 Å². The monoisotopic (exact) mass is 714 g/mol. The number of piperidine rings is 2. The number of fused-ring (bicyclic) bond motifs is 1. The molecule has 4 heterocycles. The Kier molecular flexibility index (Phi) is 12.2. The van der Waals surface area contributed by atoms with Crippen molar-refractivity contribution in [1.82, 2.24) is 19.9 Å². The number of anilines is 4. The van der Waals surface area contributed by atoms with Crippen molar-refractivity contribution < 1.29 is 20.4 Å². The molecule has 4 N–H and O–H groups in total. The van der Waals surface area contributed by atoms with Crippen LogP contribution in [-0.4, -0.2) is 146 Å². The predicted molar refractivity (Wildman–Crippen MR) is 149 cm³/mol. The van der Waals surface area contributed by atoms with Crippen LogP contribution in [0.15, 0.2) is 0 Å². The summed E-state index contributed by atoms with van der Waals surface area (Å²) in [5.74, 6) is 2.35. The zero-order valence-electron chi connectivity index (χ0n) is 21.8. The summed E-state index contributed by atoms with van der Waals surface area (Å²) >= 11 is 0. The fourth-order valence-electron chi connectivity index (χ4n) is 5.00. The molecule has 2 aromatic heterocycles. The van der Waals surface area contributed by atoms with E-state index in [4.69, 9.17) is 19.9 Å². The number of hydrogen-bond acceptors (Lipinski definition) is 12. The Morgan fingerprint density at radius 1 is 0.514 bits per heavy atom. The molecule has 0 aromatic carbocycles. The molecule has 0 spiro atoms. The van der Waals surface area contributed by atoms with Crippen LogP contribution in [0.4, 0.5) is 23.5 Å². The van der Waals surface area contributed by atoms with E-state index in [9.17, 15) is 20.4 Å². The van der Waals surface area contributed by atoms with Gasteiger partial charge in [-0.1, -0.05) is 0 Å². The molecule has 0 unspecified atom stereocenters. The molecule has 0 saturated carbocycles. The minimum absolute atomic E-state index is 0. The second-order valence-corrected chi connectivity index (χ2v) is 9.36. The van der Waals surface area contributed by atoms with Crippen molar-refractivity contribution in [3.05, 3.63) is 0 Å². The minimum atomic E-state index is -0.0772. The van der Waals surface area contributed by atoms with E-state index in [1.807, 2.05) is 0 Å². The Hall–Kier alpha value is -1.62. The SMILES string of the molecule is OCCN(CCO)c1nc(N2CCCCC2)c2nc(N(CCO)CCO)nc(N3CCCCC3)c2n1.[PbH2]. The molecule has 206 valence electrons. The third-order valence-corrected chi connectivity index (χ3v) is 6.84. The molecule has 2 saturated heterocycles. The van der Waals surface area contributed by atoms with Gasteiger partial charge in [-0.15, -0.1) is 0 Å². The van der Waals surface area contributed by atoms with Crippen molar-refractivity contribution in [1.29, 1.82) is 0 Å². The van der Waals surface area contributed by atoms with E-state index >= 15 is 0 Å². The van der Waals surface area contributed by atoms with Crippen LogP contribution in [0.3, 0.4) is 0 Å². The Labute approximate surface area is 238 Å². The van der Waals surface area contributed by atoms with Crippen LogP contribution >= 0.6 is 0 Å². The zero-order valence-corrected chi connectivity index (χ0v) is 27.3. The van der Waals surface area contributed by atoms with Crippen LogP contribution in [0, 0.1) is 0 Å². The van der Waals surface area contributed by atoms with Crippen LogP contribution in [0.25, 0.3) is 11.0 Å². The molecule has 13 heteroatoms. The average Bonchev–Trinajstić information content (AvgIpc) is 2.92. The third-order valence-electron chi connectivity index (χ3n) is 6.84. The molecule has 2 radical (unpaired) electrons. The molecule has 0 amide bonds. The molecule has 37 heavy (non-hydrogen) atoms. The fraction of sp³-hybridized carbons (Fsp3) is 0.750. The number of aromatic nitrogens is 4. The number of aliphatic hydroxyl groups is 4. The van der Waals surface area contributed by atoms with E-state index in [2.05, 4.69) is 9.80 Å². The predicted octanol–water partition coefficient (Wildman–Crippen LogP) is -0.934. The van der Waals surface area contributed by atoms with E-state index in [-0.39, 0.29) is 53.7 Å². The van der Waals surface area contributed by atoms with Crippen LogP contribution in [0.1, 0.15) is 38.5 Å². The molecule has 12 nitrogen and oxygen atoms in total. The molecule has 2 fully saturated rings. The average molecular weight is 714 g/mol. The quantitative estimate of drug-likeness (QED) is 0.202. The van der Waals surface area contributed by atoms with Gasteiger partial charge in [-0.05, 0) is 38.5 Å². The Morgan fingerprint density at radius 3 is 1.14 bits per heavy atom. The van der Waals surface area contributed by atoms with E-state index in [1.165, 1.54) is 12.8 Å². The first-order valence-electron chi connectivity index (χ1n) is 13.2. The van der Waals surface area contributed by atoms with E-state index in [1.54, 1.807) is 9.80 Å². The van der Waals surface area contributed by atoms with Crippen molar-refractivity contribution in [2.75, 3.05) is 98.4 Å². The summed E-state index contributed by atoms with van der Waals surface area (Å²) in [6.07, 6.45) is 6.61. The summed E-state index contributed by atoms with van der Waals surface area (Å²) in [6.45, 7) is 4.38. The van der Waals surface area contributed by atoms with Crippen molar-refractivity contribution in [3.8, 4) is 0 Å². The summed E-state index contributed by atoms with van der Waals surface area (Å²) in [5.41, 5.74) is 1.31. The van der Waals surface area contributed by atoms with E-state index < -0.39 is 0 Å². The van der Waals surface area contributed by atoms with Gasteiger partial charge >= 0.3 is 27.3 Å². The maximum absolute atomic E-state index is 9.64. The van der Waals surface area contributed by atoms with Crippen LogP contribution in [-0.2, 0) is 0 Å². The molecule has 4 rings (SSSR count). The first-order valence-corrected chi connectivity index (χ1v) is 13.2. The molecule has 2 aromatic rings. The van der Waals surface area contributed by atoms with Gasteiger partial charge in [0.25, 0.3) is 0 Å². The fourth-order valence-corrected chi connectivity index (χ4v) is 5.00. The van der Waals surface area contributed by atoms with Gasteiger partial charge in [0.15, 0.2) is 11.6 Å². The van der Waals surface area contributed by atoms with Gasteiger partial charge < -0.3 is 40.0 Å². The van der Waals surface area contributed by atoms with Crippen LogP contribution < -0.4 is 19.6 Å². The van der Waals surface area contributed by atoms with Crippen molar-refractivity contribution in [2.24, 2.45) is 0 Å². The first kappa shape index (κ1) is 29.9. The standard InChI is InChI=1S/C24H40N8O4.Pb.2H/c33-15-11-31(12-16-34)23-26-20-19(21(27-23)29-7-3-1-4-8-29)25-24(32(13-17-35)14-18-36)28-22(20)30-9-5-2-6-10-30;;;/h33-36H,1-18H2;;;. The van der Waals surface area contributed by atoms with Crippen molar-refractivity contribution in [3.63, 3.8) is 0 Å². The summed E-state index contributed by atoms with van der Waals surface area (Å²) < 4.78 is 0. The summed E-state index contributed by atoms with van der Waals surface area (Å²) in [7, 11) is 0. The van der Waals surface area contributed by atoms with Gasteiger partial charge in [0, 0.05) is 52.4 Å². The number of nitrogens with zero attached hydrogens (tertiary/aromatic N) is 8. The van der Waals surface area contributed by atoms with E-state index in [0.717, 1.165) is 63.5 Å². The molecule has 2 aliphatic rings. The zero-order chi connectivity index (χ0) is 25.3. The molecular weight excluding hydrogens is 672 g/mol. The summed E-state index contributed by atoms with van der Waals surface area (Å²) in [6, 6.07) is 0. The van der Waals surface area contributed by atoms with Crippen molar-refractivity contribution in [2.45, 2.75) is 38.5 Å². The second-order valence-electron chi connectivity index (χ2n) is 9.36. The molecule has 0 atom stereocenters. The molecule has 0 aliphatic carbocycles. The molecule has 2 aliphatic heterocycles. The third kappa shape index (κ3) is 7.28. The van der Waals surface area contributed by atoms with Crippen LogP contribution in [0.2, 0.25) is 0 Å².